The third kappa shape index (κ3) is 7.54. The van der Waals surface area contributed by atoms with Gasteiger partial charge in [-0.15, -0.1) is 0 Å². The molecule has 0 atom stereocenters. The number of esters is 1. The van der Waals surface area contributed by atoms with Gasteiger partial charge in [-0.1, -0.05) is 13.3 Å². The summed E-state index contributed by atoms with van der Waals surface area (Å²) in [5.41, 5.74) is 0.659. The third-order valence-corrected chi connectivity index (χ3v) is 4.09. The SMILES string of the molecule is CCCCOc1ccc(C(=O)OCC(=O)NC(=O)Nc2ccc(OC)cc2)cc1OC. The van der Waals surface area contributed by atoms with Crippen LogP contribution in [0, 0.1) is 0 Å². The lowest BCUT2D eigenvalue weighted by molar-refractivity contribution is -0.123. The molecular weight excluding hydrogens is 404 g/mol. The number of unbranched alkanes of at least 4 members (excludes halogenated alkanes) is 1. The summed E-state index contributed by atoms with van der Waals surface area (Å²) in [5.74, 6) is 0.0235. The lowest BCUT2D eigenvalue weighted by Crippen LogP contribution is -2.37. The molecule has 9 nitrogen and oxygen atoms in total. The zero-order chi connectivity index (χ0) is 22.6. The van der Waals surface area contributed by atoms with Crippen LogP contribution in [0.3, 0.4) is 0 Å². The van der Waals surface area contributed by atoms with Gasteiger partial charge in [0.05, 0.1) is 26.4 Å². The minimum Gasteiger partial charge on any atom is -0.497 e. The Kier molecular flexibility index (Phi) is 9.15. The molecule has 0 radical (unpaired) electrons. The summed E-state index contributed by atoms with van der Waals surface area (Å²) in [6.07, 6.45) is 1.89. The van der Waals surface area contributed by atoms with Crippen LogP contribution in [0.25, 0.3) is 0 Å². The topological polar surface area (TPSA) is 112 Å². The second kappa shape index (κ2) is 12.1. The molecule has 0 fully saturated rings. The minimum absolute atomic E-state index is 0.190. The molecule has 0 bridgehead atoms. The van der Waals surface area contributed by atoms with Gasteiger partial charge < -0.3 is 24.3 Å². The van der Waals surface area contributed by atoms with Crippen LogP contribution in [-0.4, -0.2) is 45.3 Å². The summed E-state index contributed by atoms with van der Waals surface area (Å²) in [5, 5.41) is 4.57. The van der Waals surface area contributed by atoms with Crippen LogP contribution in [0.15, 0.2) is 42.5 Å². The highest BCUT2D eigenvalue weighted by molar-refractivity contribution is 6.02. The Labute approximate surface area is 180 Å². The first kappa shape index (κ1) is 23.5. The number of carbonyl (C=O) groups excluding carboxylic acids is 3. The van der Waals surface area contributed by atoms with Crippen LogP contribution in [-0.2, 0) is 9.53 Å². The maximum Gasteiger partial charge on any atom is 0.338 e. The molecule has 2 rings (SSSR count). The fourth-order valence-electron chi connectivity index (χ4n) is 2.45. The van der Waals surface area contributed by atoms with Gasteiger partial charge in [-0.25, -0.2) is 9.59 Å². The van der Waals surface area contributed by atoms with E-state index >= 15 is 0 Å². The zero-order valence-electron chi connectivity index (χ0n) is 17.7. The average molecular weight is 430 g/mol. The quantitative estimate of drug-likeness (QED) is 0.439. The number of methoxy groups -OCH3 is 2. The molecule has 2 aromatic rings. The number of rotatable bonds is 10. The first-order valence-electron chi connectivity index (χ1n) is 9.69. The van der Waals surface area contributed by atoms with Gasteiger partial charge in [0, 0.05) is 5.69 Å². The summed E-state index contributed by atoms with van der Waals surface area (Å²) in [6.45, 7) is 1.97. The van der Waals surface area contributed by atoms with E-state index in [1.807, 2.05) is 0 Å². The summed E-state index contributed by atoms with van der Waals surface area (Å²) in [4.78, 5) is 36.0. The number of imide groups is 1. The number of urea groups is 1. The average Bonchev–Trinajstić information content (AvgIpc) is 2.78. The Balaban J connectivity index is 1.83. The lowest BCUT2D eigenvalue weighted by atomic mass is 10.2. The molecular formula is C22H26N2O7. The first-order chi connectivity index (χ1) is 15.0. The van der Waals surface area contributed by atoms with Gasteiger partial charge in [0.25, 0.3) is 5.91 Å². The van der Waals surface area contributed by atoms with Gasteiger partial charge in [-0.3, -0.25) is 10.1 Å². The molecule has 166 valence electrons. The van der Waals surface area contributed by atoms with E-state index in [2.05, 4.69) is 17.6 Å². The van der Waals surface area contributed by atoms with Crippen molar-refractivity contribution in [3.63, 3.8) is 0 Å². The van der Waals surface area contributed by atoms with Crippen molar-refractivity contribution in [1.29, 1.82) is 0 Å². The number of ether oxygens (including phenoxy) is 4. The Morgan fingerprint density at radius 2 is 1.68 bits per heavy atom. The number of anilines is 1. The molecule has 31 heavy (non-hydrogen) atoms. The molecule has 2 aromatic carbocycles. The lowest BCUT2D eigenvalue weighted by Gasteiger charge is -2.12. The largest absolute Gasteiger partial charge is 0.497 e. The molecule has 0 aliphatic carbocycles. The molecule has 0 saturated carbocycles. The maximum atomic E-state index is 12.2. The van der Waals surface area contributed by atoms with Gasteiger partial charge in [-0.2, -0.15) is 0 Å². The van der Waals surface area contributed by atoms with Crippen molar-refractivity contribution >= 4 is 23.6 Å². The Hall–Kier alpha value is -3.75. The third-order valence-electron chi connectivity index (χ3n) is 4.09. The van der Waals surface area contributed by atoms with Crippen molar-refractivity contribution in [3.8, 4) is 17.2 Å². The predicted octanol–water partition coefficient (Wildman–Crippen LogP) is 3.39. The van der Waals surface area contributed by atoms with E-state index in [1.165, 1.54) is 26.4 Å². The molecule has 2 N–H and O–H groups in total. The predicted molar refractivity (Wildman–Crippen MR) is 114 cm³/mol. The van der Waals surface area contributed by atoms with E-state index in [0.29, 0.717) is 29.5 Å². The number of benzene rings is 2. The van der Waals surface area contributed by atoms with Crippen LogP contribution in [0.5, 0.6) is 17.2 Å². The van der Waals surface area contributed by atoms with Crippen LogP contribution >= 0.6 is 0 Å². The number of carbonyl (C=O) groups is 3. The normalized spacial score (nSPS) is 10.0. The van der Waals surface area contributed by atoms with Gasteiger partial charge in [0.15, 0.2) is 18.1 Å². The van der Waals surface area contributed by atoms with Gasteiger partial charge in [0.1, 0.15) is 5.75 Å². The smallest absolute Gasteiger partial charge is 0.338 e. The van der Waals surface area contributed by atoms with Crippen LogP contribution in [0.2, 0.25) is 0 Å². The van der Waals surface area contributed by atoms with Gasteiger partial charge in [0.2, 0.25) is 0 Å². The molecule has 0 saturated heterocycles. The highest BCUT2D eigenvalue weighted by Gasteiger charge is 2.15. The minimum atomic E-state index is -0.772. The van der Waals surface area contributed by atoms with Crippen molar-refractivity contribution < 1.29 is 33.3 Å². The molecule has 0 aliphatic heterocycles. The van der Waals surface area contributed by atoms with E-state index in [0.717, 1.165) is 12.8 Å². The van der Waals surface area contributed by atoms with Crippen molar-refractivity contribution in [2.75, 3.05) is 32.8 Å². The molecule has 0 spiro atoms. The van der Waals surface area contributed by atoms with Crippen molar-refractivity contribution in [1.82, 2.24) is 5.32 Å². The van der Waals surface area contributed by atoms with E-state index in [-0.39, 0.29) is 5.56 Å². The summed E-state index contributed by atoms with van der Waals surface area (Å²) >= 11 is 0. The standard InChI is InChI=1S/C22H26N2O7/c1-4-5-12-30-18-11-6-15(13-19(18)29-3)21(26)31-14-20(25)24-22(27)23-16-7-9-17(28-2)10-8-16/h6-11,13H,4-5,12,14H2,1-3H3,(H2,23,24,25,27). The highest BCUT2D eigenvalue weighted by Crippen LogP contribution is 2.28. The Bertz CT molecular complexity index is 897. The Morgan fingerprint density at radius 3 is 2.32 bits per heavy atom. The monoisotopic (exact) mass is 430 g/mol. The van der Waals surface area contributed by atoms with Crippen LogP contribution in [0.4, 0.5) is 10.5 Å². The number of nitrogens with one attached hydrogen (secondary N) is 2. The van der Waals surface area contributed by atoms with E-state index in [4.69, 9.17) is 18.9 Å². The second-order valence-electron chi connectivity index (χ2n) is 6.37. The number of hydrogen-bond acceptors (Lipinski definition) is 7. The highest BCUT2D eigenvalue weighted by atomic mass is 16.5. The molecule has 0 unspecified atom stereocenters. The molecule has 0 aliphatic rings. The summed E-state index contributed by atoms with van der Waals surface area (Å²) in [7, 11) is 2.99. The van der Waals surface area contributed by atoms with Gasteiger partial charge in [-0.05, 0) is 48.9 Å². The zero-order valence-corrected chi connectivity index (χ0v) is 17.7. The van der Waals surface area contributed by atoms with E-state index < -0.39 is 24.5 Å². The van der Waals surface area contributed by atoms with Crippen molar-refractivity contribution in [2.24, 2.45) is 0 Å². The van der Waals surface area contributed by atoms with Crippen LogP contribution in [0.1, 0.15) is 30.1 Å². The van der Waals surface area contributed by atoms with Crippen molar-refractivity contribution in [2.45, 2.75) is 19.8 Å². The Morgan fingerprint density at radius 1 is 0.935 bits per heavy atom. The number of amides is 3. The maximum absolute atomic E-state index is 12.2. The number of hydrogen-bond donors (Lipinski definition) is 2. The summed E-state index contributed by atoms with van der Waals surface area (Å²) in [6, 6.07) is 10.4. The fourth-order valence-corrected chi connectivity index (χ4v) is 2.45. The molecule has 3 amide bonds. The van der Waals surface area contributed by atoms with E-state index in [1.54, 1.807) is 30.3 Å². The molecule has 9 heteroatoms. The van der Waals surface area contributed by atoms with Crippen LogP contribution < -0.4 is 24.8 Å². The molecule has 0 aromatic heterocycles. The summed E-state index contributed by atoms with van der Waals surface area (Å²) < 4.78 is 20.8. The van der Waals surface area contributed by atoms with E-state index in [9.17, 15) is 14.4 Å². The fraction of sp³-hybridized carbons (Fsp3) is 0.318. The molecule has 0 heterocycles. The first-order valence-corrected chi connectivity index (χ1v) is 9.69. The van der Waals surface area contributed by atoms with Crippen molar-refractivity contribution in [3.05, 3.63) is 48.0 Å². The van der Waals surface area contributed by atoms with Gasteiger partial charge >= 0.3 is 12.0 Å². The second-order valence-corrected chi connectivity index (χ2v) is 6.37.